The van der Waals surface area contributed by atoms with Gasteiger partial charge in [0, 0.05) is 30.3 Å². The van der Waals surface area contributed by atoms with Gasteiger partial charge >= 0.3 is 0 Å². The lowest BCUT2D eigenvalue weighted by Gasteiger charge is -2.10. The van der Waals surface area contributed by atoms with Gasteiger partial charge in [-0.25, -0.2) is 0 Å². The number of halogens is 1. The molecule has 0 aliphatic carbocycles. The van der Waals surface area contributed by atoms with Crippen molar-refractivity contribution < 1.29 is 4.74 Å². The normalized spacial score (nSPS) is 16.7. The number of ether oxygens (including phenoxy) is 1. The molecule has 0 spiro atoms. The zero-order valence-corrected chi connectivity index (χ0v) is 15.9. The summed E-state index contributed by atoms with van der Waals surface area (Å²) < 4.78 is 5.68. The molecule has 1 atom stereocenters. The summed E-state index contributed by atoms with van der Waals surface area (Å²) in [5.41, 5.74) is 3.92. The number of hydrogen-bond donors (Lipinski definition) is 1. The van der Waals surface area contributed by atoms with Gasteiger partial charge in [-0.05, 0) is 24.5 Å². The number of benzene rings is 2. The van der Waals surface area contributed by atoms with Crippen LogP contribution in [0.25, 0.3) is 11.3 Å². The van der Waals surface area contributed by atoms with Crippen molar-refractivity contribution in [2.24, 2.45) is 0 Å². The third-order valence-corrected chi connectivity index (χ3v) is 5.10. The highest BCUT2D eigenvalue weighted by molar-refractivity contribution is 6.31. The Morgan fingerprint density at radius 2 is 1.89 bits per heavy atom. The quantitative estimate of drug-likeness (QED) is 0.673. The minimum Gasteiger partial charge on any atom is -0.377 e. The number of nitrogens with one attached hydrogen (secondary N) is 1. The first-order chi connectivity index (χ1) is 13.3. The van der Waals surface area contributed by atoms with E-state index in [1.165, 1.54) is 0 Å². The molecular formula is C21H23ClN4O. The van der Waals surface area contributed by atoms with Gasteiger partial charge in [0.05, 0.1) is 12.6 Å². The molecule has 2 heterocycles. The van der Waals surface area contributed by atoms with Gasteiger partial charge in [0.25, 0.3) is 0 Å². The van der Waals surface area contributed by atoms with Crippen molar-refractivity contribution in [2.45, 2.75) is 32.0 Å². The fraction of sp³-hybridized carbons (Fsp3) is 0.333. The standard InChI is InChI=1S/C21H23ClN4O/c22-19-11-5-4-9-17(19)15-26-24-20(14-23-13-18-10-6-12-27-18)21(25-26)16-7-2-1-3-8-16/h1-5,7-9,11,18,23H,6,10,12-15H2/t18-/m1/s1. The van der Waals surface area contributed by atoms with Crippen LogP contribution < -0.4 is 5.32 Å². The summed E-state index contributed by atoms with van der Waals surface area (Å²) in [6.45, 7) is 2.92. The second-order valence-corrected chi connectivity index (χ2v) is 7.16. The lowest BCUT2D eigenvalue weighted by molar-refractivity contribution is 0.110. The Morgan fingerprint density at radius 1 is 1.07 bits per heavy atom. The molecule has 4 rings (SSSR count). The molecule has 6 heteroatoms. The Kier molecular flexibility index (Phi) is 5.82. The molecule has 1 N–H and O–H groups in total. The van der Waals surface area contributed by atoms with Crippen molar-refractivity contribution in [3.05, 3.63) is 70.9 Å². The number of nitrogens with zero attached hydrogens (tertiary/aromatic N) is 3. The second kappa shape index (κ2) is 8.65. The first-order valence-electron chi connectivity index (χ1n) is 9.35. The summed E-state index contributed by atoms with van der Waals surface area (Å²) in [6, 6.07) is 18.0. The molecule has 1 saturated heterocycles. The Hall–Kier alpha value is -2.21. The minimum atomic E-state index is 0.309. The summed E-state index contributed by atoms with van der Waals surface area (Å²) in [5.74, 6) is 0. The van der Waals surface area contributed by atoms with Crippen LogP contribution >= 0.6 is 11.6 Å². The summed E-state index contributed by atoms with van der Waals surface area (Å²) in [5, 5.41) is 13.7. The topological polar surface area (TPSA) is 52.0 Å². The van der Waals surface area contributed by atoms with Gasteiger partial charge in [-0.2, -0.15) is 15.0 Å². The minimum absolute atomic E-state index is 0.309. The molecule has 1 aliphatic heterocycles. The van der Waals surface area contributed by atoms with Crippen molar-refractivity contribution in [3.63, 3.8) is 0 Å². The molecule has 3 aromatic rings. The first-order valence-corrected chi connectivity index (χ1v) is 9.72. The van der Waals surface area contributed by atoms with E-state index in [2.05, 4.69) is 17.4 Å². The van der Waals surface area contributed by atoms with E-state index in [1.807, 2.05) is 42.5 Å². The zero-order chi connectivity index (χ0) is 18.5. The summed E-state index contributed by atoms with van der Waals surface area (Å²) >= 11 is 6.30. The highest BCUT2D eigenvalue weighted by atomic mass is 35.5. The van der Waals surface area contributed by atoms with Gasteiger partial charge < -0.3 is 10.1 Å². The fourth-order valence-corrected chi connectivity index (χ4v) is 3.52. The maximum absolute atomic E-state index is 6.30. The lowest BCUT2D eigenvalue weighted by atomic mass is 10.1. The second-order valence-electron chi connectivity index (χ2n) is 6.75. The Balaban J connectivity index is 1.54. The third-order valence-electron chi connectivity index (χ3n) is 4.73. The van der Waals surface area contributed by atoms with Crippen LogP contribution in [0.15, 0.2) is 54.6 Å². The van der Waals surface area contributed by atoms with Crippen molar-refractivity contribution >= 4 is 11.6 Å². The van der Waals surface area contributed by atoms with Gasteiger partial charge in [-0.3, -0.25) is 0 Å². The molecule has 0 unspecified atom stereocenters. The van der Waals surface area contributed by atoms with E-state index in [-0.39, 0.29) is 0 Å². The van der Waals surface area contributed by atoms with E-state index in [0.717, 1.165) is 53.5 Å². The average molecular weight is 383 g/mol. The van der Waals surface area contributed by atoms with Crippen LogP contribution in [0.4, 0.5) is 0 Å². The Labute approximate surface area is 164 Å². The Bertz CT molecular complexity index is 875. The molecule has 0 saturated carbocycles. The van der Waals surface area contributed by atoms with Crippen LogP contribution in [0.3, 0.4) is 0 Å². The van der Waals surface area contributed by atoms with E-state index in [0.29, 0.717) is 19.2 Å². The summed E-state index contributed by atoms with van der Waals surface area (Å²) in [6.07, 6.45) is 2.58. The zero-order valence-electron chi connectivity index (χ0n) is 15.1. The molecule has 5 nitrogen and oxygen atoms in total. The van der Waals surface area contributed by atoms with Gasteiger partial charge in [0.2, 0.25) is 0 Å². The van der Waals surface area contributed by atoms with Crippen LogP contribution in [-0.2, 0) is 17.8 Å². The smallest absolute Gasteiger partial charge is 0.117 e. The van der Waals surface area contributed by atoms with Gasteiger partial charge in [0.15, 0.2) is 0 Å². The van der Waals surface area contributed by atoms with Crippen LogP contribution in [0.2, 0.25) is 5.02 Å². The summed E-state index contributed by atoms with van der Waals surface area (Å²) in [7, 11) is 0. The maximum atomic E-state index is 6.30. The molecule has 0 amide bonds. The molecule has 1 fully saturated rings. The largest absolute Gasteiger partial charge is 0.377 e. The van der Waals surface area contributed by atoms with E-state index in [1.54, 1.807) is 4.80 Å². The molecule has 0 radical (unpaired) electrons. The SMILES string of the molecule is Clc1ccccc1Cn1nc(CNC[C@H]2CCCO2)c(-c2ccccc2)n1. The maximum Gasteiger partial charge on any atom is 0.117 e. The molecule has 1 aromatic heterocycles. The predicted octanol–water partition coefficient (Wildman–Crippen LogP) is 3.92. The van der Waals surface area contributed by atoms with E-state index >= 15 is 0 Å². The van der Waals surface area contributed by atoms with Crippen molar-refractivity contribution in [1.82, 2.24) is 20.3 Å². The van der Waals surface area contributed by atoms with Crippen molar-refractivity contribution in [2.75, 3.05) is 13.2 Å². The third kappa shape index (κ3) is 4.56. The van der Waals surface area contributed by atoms with E-state index in [9.17, 15) is 0 Å². The number of aromatic nitrogens is 3. The number of rotatable bonds is 7. The molecule has 140 valence electrons. The molecule has 2 aromatic carbocycles. The van der Waals surface area contributed by atoms with Gasteiger partial charge in [-0.1, -0.05) is 60.1 Å². The van der Waals surface area contributed by atoms with Crippen LogP contribution in [0.5, 0.6) is 0 Å². The molecular weight excluding hydrogens is 360 g/mol. The van der Waals surface area contributed by atoms with Gasteiger partial charge in [-0.15, -0.1) is 0 Å². The lowest BCUT2D eigenvalue weighted by Crippen LogP contribution is -2.26. The molecule has 1 aliphatic rings. The first kappa shape index (κ1) is 18.2. The van der Waals surface area contributed by atoms with Crippen LogP contribution in [0.1, 0.15) is 24.1 Å². The van der Waals surface area contributed by atoms with Crippen LogP contribution in [-0.4, -0.2) is 34.2 Å². The number of hydrogen-bond acceptors (Lipinski definition) is 4. The van der Waals surface area contributed by atoms with Crippen LogP contribution in [0, 0.1) is 0 Å². The average Bonchev–Trinajstić information content (AvgIpc) is 3.35. The highest BCUT2D eigenvalue weighted by Gasteiger charge is 2.17. The van der Waals surface area contributed by atoms with Gasteiger partial charge in [0.1, 0.15) is 11.4 Å². The molecule has 27 heavy (non-hydrogen) atoms. The Morgan fingerprint density at radius 3 is 2.67 bits per heavy atom. The van der Waals surface area contributed by atoms with E-state index < -0.39 is 0 Å². The van der Waals surface area contributed by atoms with Crippen molar-refractivity contribution in [3.8, 4) is 11.3 Å². The highest BCUT2D eigenvalue weighted by Crippen LogP contribution is 2.22. The van der Waals surface area contributed by atoms with E-state index in [4.69, 9.17) is 26.5 Å². The predicted molar refractivity (Wildman–Crippen MR) is 107 cm³/mol. The fourth-order valence-electron chi connectivity index (χ4n) is 3.33. The molecule has 0 bridgehead atoms. The monoisotopic (exact) mass is 382 g/mol. The van der Waals surface area contributed by atoms with Crippen molar-refractivity contribution in [1.29, 1.82) is 0 Å². The summed E-state index contributed by atoms with van der Waals surface area (Å²) in [4.78, 5) is 1.73.